The van der Waals surface area contributed by atoms with Crippen LogP contribution in [0.1, 0.15) is 19.4 Å². The number of rotatable bonds is 2. The van der Waals surface area contributed by atoms with E-state index in [1.165, 1.54) is 5.56 Å². The predicted octanol–water partition coefficient (Wildman–Crippen LogP) is 2.10. The molecule has 3 rings (SSSR count). The Morgan fingerprint density at radius 1 is 1.26 bits per heavy atom. The van der Waals surface area contributed by atoms with Gasteiger partial charge in [-0.25, -0.2) is 0 Å². The summed E-state index contributed by atoms with van der Waals surface area (Å²) in [6.07, 6.45) is 0.615. The van der Waals surface area contributed by atoms with Crippen LogP contribution in [0, 0.1) is 0 Å². The molecule has 104 valence electrons. The van der Waals surface area contributed by atoms with Crippen molar-refractivity contribution in [2.75, 3.05) is 31.6 Å². The second kappa shape index (κ2) is 5.39. The van der Waals surface area contributed by atoms with E-state index < -0.39 is 0 Å². The van der Waals surface area contributed by atoms with Crippen LogP contribution in [0.3, 0.4) is 0 Å². The van der Waals surface area contributed by atoms with Crippen LogP contribution in [-0.2, 0) is 11.3 Å². The third-order valence-electron chi connectivity index (χ3n) is 3.65. The average Bonchev–Trinajstić information content (AvgIpc) is 2.38. The van der Waals surface area contributed by atoms with Gasteiger partial charge in [0.15, 0.2) is 0 Å². The summed E-state index contributed by atoms with van der Waals surface area (Å²) in [5.41, 5.74) is 2.39. The molecule has 1 aromatic carbocycles. The number of nitrogens with one attached hydrogen (secondary N) is 1. The van der Waals surface area contributed by atoms with Crippen LogP contribution in [-0.4, -0.2) is 43.3 Å². The van der Waals surface area contributed by atoms with Gasteiger partial charge in [0.1, 0.15) is 12.4 Å². The molecule has 0 aromatic heterocycles. The Balaban J connectivity index is 1.76. The fourth-order valence-corrected chi connectivity index (χ4v) is 3.01. The monoisotopic (exact) mass is 262 g/mol. The lowest BCUT2D eigenvalue weighted by Crippen LogP contribution is -2.44. The fraction of sp³-hybridized carbons (Fsp3) is 0.600. The van der Waals surface area contributed by atoms with Crippen LogP contribution in [0.2, 0.25) is 0 Å². The van der Waals surface area contributed by atoms with Crippen molar-refractivity contribution in [2.45, 2.75) is 32.6 Å². The number of benzene rings is 1. The molecule has 2 aliphatic heterocycles. The lowest BCUT2D eigenvalue weighted by atomic mass is 10.1. The van der Waals surface area contributed by atoms with Gasteiger partial charge in [0.25, 0.3) is 0 Å². The van der Waals surface area contributed by atoms with E-state index in [0.717, 1.165) is 44.2 Å². The van der Waals surface area contributed by atoms with Crippen LogP contribution in [0.4, 0.5) is 5.69 Å². The molecule has 1 fully saturated rings. The molecule has 2 aliphatic rings. The van der Waals surface area contributed by atoms with E-state index >= 15 is 0 Å². The summed E-state index contributed by atoms with van der Waals surface area (Å²) < 4.78 is 11.6. The molecule has 4 nitrogen and oxygen atoms in total. The Kier molecular flexibility index (Phi) is 3.62. The van der Waals surface area contributed by atoms with E-state index in [4.69, 9.17) is 9.47 Å². The van der Waals surface area contributed by atoms with E-state index in [1.807, 2.05) is 0 Å². The summed E-state index contributed by atoms with van der Waals surface area (Å²) >= 11 is 0. The summed E-state index contributed by atoms with van der Waals surface area (Å²) in [6, 6.07) is 6.35. The number of nitrogens with zero attached hydrogens (tertiary/aromatic N) is 1. The molecule has 0 spiro atoms. The first-order valence-corrected chi connectivity index (χ1v) is 7.09. The van der Waals surface area contributed by atoms with Crippen LogP contribution in [0.25, 0.3) is 0 Å². The van der Waals surface area contributed by atoms with Gasteiger partial charge in [-0.1, -0.05) is 12.1 Å². The van der Waals surface area contributed by atoms with Gasteiger partial charge in [0, 0.05) is 31.7 Å². The summed E-state index contributed by atoms with van der Waals surface area (Å²) in [7, 11) is 0. The van der Waals surface area contributed by atoms with E-state index in [0.29, 0.717) is 12.2 Å². The van der Waals surface area contributed by atoms with E-state index in [-0.39, 0.29) is 0 Å². The van der Waals surface area contributed by atoms with Gasteiger partial charge >= 0.3 is 0 Å². The molecule has 0 amide bonds. The van der Waals surface area contributed by atoms with Gasteiger partial charge in [0.05, 0.1) is 17.9 Å². The number of hydrogen-bond acceptors (Lipinski definition) is 4. The Bertz CT molecular complexity index is 440. The highest BCUT2D eigenvalue weighted by Gasteiger charge is 2.24. The molecular weight excluding hydrogens is 240 g/mol. The Morgan fingerprint density at radius 3 is 2.84 bits per heavy atom. The van der Waals surface area contributed by atoms with Crippen molar-refractivity contribution >= 4 is 5.69 Å². The molecule has 1 saturated heterocycles. The van der Waals surface area contributed by atoms with E-state index in [2.05, 4.69) is 42.3 Å². The lowest BCUT2D eigenvalue weighted by Gasteiger charge is -2.35. The van der Waals surface area contributed by atoms with Crippen molar-refractivity contribution < 1.29 is 9.47 Å². The SMILES string of the molecule is C[C@@H]1CN(Cc2cccc3c2OCCN3)C[C@H](C)O1. The number of morpholine rings is 1. The largest absolute Gasteiger partial charge is 0.489 e. The summed E-state index contributed by atoms with van der Waals surface area (Å²) in [5.74, 6) is 1.03. The van der Waals surface area contributed by atoms with Crippen molar-refractivity contribution in [1.29, 1.82) is 0 Å². The van der Waals surface area contributed by atoms with Crippen molar-refractivity contribution in [3.8, 4) is 5.75 Å². The number of para-hydroxylation sites is 1. The van der Waals surface area contributed by atoms with Gasteiger partial charge < -0.3 is 14.8 Å². The minimum absolute atomic E-state index is 0.308. The lowest BCUT2D eigenvalue weighted by molar-refractivity contribution is -0.0706. The number of anilines is 1. The topological polar surface area (TPSA) is 33.7 Å². The Labute approximate surface area is 114 Å². The third-order valence-corrected chi connectivity index (χ3v) is 3.65. The zero-order chi connectivity index (χ0) is 13.2. The first-order valence-electron chi connectivity index (χ1n) is 7.09. The van der Waals surface area contributed by atoms with Gasteiger partial charge in [-0.2, -0.15) is 0 Å². The molecule has 2 atom stereocenters. The van der Waals surface area contributed by atoms with Crippen LogP contribution in [0.5, 0.6) is 5.75 Å². The molecule has 0 bridgehead atoms. The van der Waals surface area contributed by atoms with Gasteiger partial charge in [-0.3, -0.25) is 4.90 Å². The normalized spacial score (nSPS) is 27.3. The average molecular weight is 262 g/mol. The third kappa shape index (κ3) is 2.85. The maximum atomic E-state index is 5.83. The van der Waals surface area contributed by atoms with E-state index in [9.17, 15) is 0 Å². The van der Waals surface area contributed by atoms with Crippen molar-refractivity contribution in [2.24, 2.45) is 0 Å². The minimum Gasteiger partial charge on any atom is -0.489 e. The second-order valence-electron chi connectivity index (χ2n) is 5.52. The van der Waals surface area contributed by atoms with Crippen LogP contribution >= 0.6 is 0 Å². The second-order valence-corrected chi connectivity index (χ2v) is 5.52. The molecular formula is C15H22N2O2. The molecule has 0 radical (unpaired) electrons. The predicted molar refractivity (Wildman–Crippen MR) is 75.7 cm³/mol. The van der Waals surface area contributed by atoms with E-state index in [1.54, 1.807) is 0 Å². The Hall–Kier alpha value is -1.26. The molecule has 0 saturated carbocycles. The maximum Gasteiger partial charge on any atom is 0.146 e. The highest BCUT2D eigenvalue weighted by atomic mass is 16.5. The molecule has 0 unspecified atom stereocenters. The standard InChI is InChI=1S/C15H22N2O2/c1-11-8-17(9-12(2)19-11)10-13-4-3-5-14-15(13)18-7-6-16-14/h3-5,11-12,16H,6-10H2,1-2H3/t11-,12+. The first-order chi connectivity index (χ1) is 9.22. The van der Waals surface area contributed by atoms with Gasteiger partial charge in [-0.15, -0.1) is 0 Å². The van der Waals surface area contributed by atoms with Crippen LogP contribution < -0.4 is 10.1 Å². The number of hydrogen-bond donors (Lipinski definition) is 1. The molecule has 1 aromatic rings. The van der Waals surface area contributed by atoms with Crippen molar-refractivity contribution in [1.82, 2.24) is 4.90 Å². The van der Waals surface area contributed by atoms with Gasteiger partial charge in [0.2, 0.25) is 0 Å². The van der Waals surface area contributed by atoms with Crippen LogP contribution in [0.15, 0.2) is 18.2 Å². The highest BCUT2D eigenvalue weighted by molar-refractivity contribution is 5.61. The maximum absolute atomic E-state index is 5.83. The summed E-state index contributed by atoms with van der Waals surface area (Å²) in [5, 5.41) is 3.39. The zero-order valence-electron chi connectivity index (χ0n) is 11.7. The van der Waals surface area contributed by atoms with Gasteiger partial charge in [-0.05, 0) is 19.9 Å². The zero-order valence-corrected chi connectivity index (χ0v) is 11.7. The molecule has 1 N–H and O–H groups in total. The molecule has 19 heavy (non-hydrogen) atoms. The number of ether oxygens (including phenoxy) is 2. The quantitative estimate of drug-likeness (QED) is 0.885. The van der Waals surface area contributed by atoms with Crippen molar-refractivity contribution in [3.63, 3.8) is 0 Å². The summed E-state index contributed by atoms with van der Waals surface area (Å²) in [6.45, 7) is 8.83. The molecule has 2 heterocycles. The van der Waals surface area contributed by atoms with Crippen molar-refractivity contribution in [3.05, 3.63) is 23.8 Å². The Morgan fingerprint density at radius 2 is 2.05 bits per heavy atom. The first kappa shape index (κ1) is 12.8. The number of fused-ring (bicyclic) bond motifs is 1. The molecule has 4 heteroatoms. The minimum atomic E-state index is 0.308. The fourth-order valence-electron chi connectivity index (χ4n) is 3.01. The molecule has 0 aliphatic carbocycles. The summed E-state index contributed by atoms with van der Waals surface area (Å²) in [4.78, 5) is 2.45. The highest BCUT2D eigenvalue weighted by Crippen LogP contribution is 2.32. The smallest absolute Gasteiger partial charge is 0.146 e.